The number of nitrogens with zero attached hydrogens (tertiary/aromatic N) is 4. The summed E-state index contributed by atoms with van der Waals surface area (Å²) in [5.74, 6) is 1.07. The molecule has 220 valence electrons. The van der Waals surface area contributed by atoms with Crippen LogP contribution in [0.2, 0.25) is 0 Å². The van der Waals surface area contributed by atoms with Gasteiger partial charge < -0.3 is 20.0 Å². The first-order chi connectivity index (χ1) is 19.0. The largest absolute Gasteiger partial charge is 0.432 e. The third-order valence-electron chi connectivity index (χ3n) is 8.49. The molecule has 4 heterocycles. The molecule has 0 saturated carbocycles. The molecule has 2 unspecified atom stereocenters. The molecule has 0 bridgehead atoms. The number of likely N-dealkylation sites (tertiary alicyclic amines) is 2. The van der Waals surface area contributed by atoms with E-state index in [2.05, 4.69) is 20.1 Å². The third-order valence-corrected chi connectivity index (χ3v) is 8.49. The highest BCUT2D eigenvalue weighted by Crippen LogP contribution is 2.36. The minimum atomic E-state index is -4.44. The molecule has 0 radical (unpaired) electrons. The van der Waals surface area contributed by atoms with Gasteiger partial charge in [0, 0.05) is 76.1 Å². The topological polar surface area (TPSA) is 51.2 Å². The van der Waals surface area contributed by atoms with Gasteiger partial charge in [-0.05, 0) is 68.0 Å². The summed E-state index contributed by atoms with van der Waals surface area (Å²) in [6.07, 6.45) is -4.56. The predicted molar refractivity (Wildman–Crippen MR) is 140 cm³/mol. The Morgan fingerprint density at radius 2 is 1.57 bits per heavy atom. The minimum absolute atomic E-state index is 0.0500. The van der Waals surface area contributed by atoms with Crippen LogP contribution in [0.15, 0.2) is 41.0 Å². The van der Waals surface area contributed by atoms with Crippen molar-refractivity contribution in [2.24, 2.45) is 16.8 Å². The summed E-state index contributed by atoms with van der Waals surface area (Å²) in [5, 5.41) is 3.23. The van der Waals surface area contributed by atoms with Gasteiger partial charge in [-0.25, -0.2) is 0 Å². The van der Waals surface area contributed by atoms with Crippen molar-refractivity contribution in [3.05, 3.63) is 41.6 Å². The molecule has 0 aliphatic carbocycles. The molecule has 40 heavy (non-hydrogen) atoms. The first-order valence-corrected chi connectivity index (χ1v) is 14.0. The Bertz CT molecular complexity index is 1090. The van der Waals surface area contributed by atoms with Crippen molar-refractivity contribution in [2.75, 3.05) is 57.3 Å². The van der Waals surface area contributed by atoms with Crippen molar-refractivity contribution in [2.45, 2.75) is 50.5 Å². The van der Waals surface area contributed by atoms with Crippen LogP contribution in [0.3, 0.4) is 0 Å². The molecule has 1 amide bonds. The zero-order valence-corrected chi connectivity index (χ0v) is 22.3. The van der Waals surface area contributed by atoms with Crippen LogP contribution >= 0.6 is 0 Å². The average molecular weight is 572 g/mol. The lowest BCUT2D eigenvalue weighted by Crippen LogP contribution is -2.45. The van der Waals surface area contributed by atoms with E-state index in [9.17, 15) is 31.1 Å². The Labute approximate surface area is 230 Å². The molecule has 5 rings (SSSR count). The molecule has 4 aliphatic heterocycles. The molecule has 4 aliphatic rings. The van der Waals surface area contributed by atoms with Crippen LogP contribution in [0, 0.1) is 11.8 Å². The number of amides is 1. The first kappa shape index (κ1) is 28.8. The summed E-state index contributed by atoms with van der Waals surface area (Å²) in [6, 6.07) is 5.44. The second-order valence-corrected chi connectivity index (χ2v) is 11.3. The summed E-state index contributed by atoms with van der Waals surface area (Å²) < 4.78 is 77.3. The number of fused-ring (bicyclic) bond motifs is 1. The van der Waals surface area contributed by atoms with E-state index >= 15 is 0 Å². The van der Waals surface area contributed by atoms with E-state index in [0.717, 1.165) is 63.0 Å². The normalized spacial score (nSPS) is 24.6. The first-order valence-electron chi connectivity index (χ1n) is 14.0. The van der Waals surface area contributed by atoms with Gasteiger partial charge in [0.1, 0.15) is 5.71 Å². The van der Waals surface area contributed by atoms with Gasteiger partial charge in [-0.1, -0.05) is 0 Å². The zero-order valence-electron chi connectivity index (χ0n) is 22.3. The number of halogens is 6. The molecule has 3 saturated heterocycles. The number of alkyl halides is 6. The Morgan fingerprint density at radius 1 is 0.925 bits per heavy atom. The molecular formula is C28H35F6N5O. The van der Waals surface area contributed by atoms with Crippen LogP contribution in [0.4, 0.5) is 32.0 Å². The average Bonchev–Trinajstić information content (AvgIpc) is 3.47. The Balaban J connectivity index is 0.986. The lowest BCUT2D eigenvalue weighted by Gasteiger charge is -2.34. The van der Waals surface area contributed by atoms with Gasteiger partial charge >= 0.3 is 12.4 Å². The van der Waals surface area contributed by atoms with Crippen LogP contribution in [0.1, 0.15) is 37.7 Å². The van der Waals surface area contributed by atoms with Gasteiger partial charge in [0.05, 0.1) is 5.56 Å². The highest BCUT2D eigenvalue weighted by Gasteiger charge is 2.40. The van der Waals surface area contributed by atoms with E-state index in [0.29, 0.717) is 56.3 Å². The third kappa shape index (κ3) is 6.92. The predicted octanol–water partition coefficient (Wildman–Crippen LogP) is 4.73. The summed E-state index contributed by atoms with van der Waals surface area (Å²) in [5.41, 5.74) is -0.0845. The fourth-order valence-corrected chi connectivity index (χ4v) is 6.36. The molecule has 0 aromatic heterocycles. The SMILES string of the molecule is O=C(CCCN1CC2CN(c3ccc(C(F)(F)F)cc3)CC2C1)N1CCC(NC2=CC(C(F)(F)F)=NCC2)CC1. The number of hydrogen-bond acceptors (Lipinski definition) is 5. The summed E-state index contributed by atoms with van der Waals surface area (Å²) >= 11 is 0. The van der Waals surface area contributed by atoms with Crippen LogP contribution < -0.4 is 10.2 Å². The standard InChI is InChI=1S/C28H35F6N5O/c29-27(30,31)21-3-5-24(6-4-21)39-17-19-15-37(16-20(19)18-39)11-1-2-26(40)38-12-8-22(9-13-38)36-23-7-10-35-25(14-23)28(32,33)34/h3-6,14,19-20,22,36H,1-2,7-13,15-18H2. The Hall–Kier alpha value is -2.76. The number of allylic oxidation sites excluding steroid dienone is 1. The molecule has 2 atom stereocenters. The number of anilines is 1. The Morgan fingerprint density at radius 3 is 2.17 bits per heavy atom. The van der Waals surface area contributed by atoms with Crippen molar-refractivity contribution in [3.8, 4) is 0 Å². The van der Waals surface area contributed by atoms with Crippen LogP contribution in [-0.4, -0.2) is 86.0 Å². The smallest absolute Gasteiger partial charge is 0.385 e. The van der Waals surface area contributed by atoms with Gasteiger partial charge in [-0.15, -0.1) is 0 Å². The van der Waals surface area contributed by atoms with Crippen LogP contribution in [0.25, 0.3) is 0 Å². The summed E-state index contributed by atoms with van der Waals surface area (Å²) in [6.45, 7) is 5.68. The molecule has 1 aromatic rings. The fraction of sp³-hybridized carbons (Fsp3) is 0.643. The van der Waals surface area contributed by atoms with Crippen LogP contribution in [0.5, 0.6) is 0 Å². The van der Waals surface area contributed by atoms with E-state index in [1.54, 1.807) is 12.1 Å². The number of benzene rings is 1. The number of carbonyl (C=O) groups is 1. The molecule has 3 fully saturated rings. The van der Waals surface area contributed by atoms with Crippen molar-refractivity contribution in [3.63, 3.8) is 0 Å². The second-order valence-electron chi connectivity index (χ2n) is 11.3. The number of aliphatic imine (C=N–C) groups is 1. The number of piperidine rings is 1. The molecule has 1 N–H and O–H groups in total. The van der Waals surface area contributed by atoms with Gasteiger partial charge in [-0.3, -0.25) is 9.79 Å². The van der Waals surface area contributed by atoms with Gasteiger partial charge in [0.15, 0.2) is 0 Å². The highest BCUT2D eigenvalue weighted by atomic mass is 19.4. The number of hydrogen-bond donors (Lipinski definition) is 1. The monoisotopic (exact) mass is 571 g/mol. The Kier molecular flexibility index (Phi) is 8.35. The van der Waals surface area contributed by atoms with Gasteiger partial charge in [0.25, 0.3) is 0 Å². The number of dihydropyridines is 1. The molecular weight excluding hydrogens is 536 g/mol. The molecule has 12 heteroatoms. The van der Waals surface area contributed by atoms with Crippen molar-refractivity contribution < 1.29 is 31.1 Å². The maximum Gasteiger partial charge on any atom is 0.432 e. The van der Waals surface area contributed by atoms with Crippen molar-refractivity contribution >= 4 is 17.3 Å². The molecule has 6 nitrogen and oxygen atoms in total. The van der Waals surface area contributed by atoms with Crippen molar-refractivity contribution in [1.82, 2.24) is 15.1 Å². The van der Waals surface area contributed by atoms with E-state index in [-0.39, 0.29) is 18.5 Å². The number of rotatable bonds is 7. The van der Waals surface area contributed by atoms with Crippen molar-refractivity contribution in [1.29, 1.82) is 0 Å². The number of carbonyl (C=O) groups excluding carboxylic acids is 1. The molecule has 0 spiro atoms. The van der Waals surface area contributed by atoms with E-state index < -0.39 is 23.6 Å². The minimum Gasteiger partial charge on any atom is -0.385 e. The summed E-state index contributed by atoms with van der Waals surface area (Å²) in [7, 11) is 0. The second kappa shape index (κ2) is 11.6. The summed E-state index contributed by atoms with van der Waals surface area (Å²) in [4.78, 5) is 22.7. The number of nitrogens with one attached hydrogen (secondary N) is 1. The molecule has 1 aromatic carbocycles. The lowest BCUT2D eigenvalue weighted by atomic mass is 10.0. The fourth-order valence-electron chi connectivity index (χ4n) is 6.36. The lowest BCUT2D eigenvalue weighted by molar-refractivity contribution is -0.137. The van der Waals surface area contributed by atoms with Crippen LogP contribution in [-0.2, 0) is 11.0 Å². The highest BCUT2D eigenvalue weighted by molar-refractivity contribution is 6.00. The van der Waals surface area contributed by atoms with E-state index in [1.807, 2.05) is 4.90 Å². The maximum atomic E-state index is 12.9. The quantitative estimate of drug-likeness (QED) is 0.482. The van der Waals surface area contributed by atoms with Gasteiger partial charge in [0.2, 0.25) is 5.91 Å². The van der Waals surface area contributed by atoms with E-state index in [4.69, 9.17) is 0 Å². The van der Waals surface area contributed by atoms with E-state index in [1.165, 1.54) is 0 Å². The zero-order chi connectivity index (χ0) is 28.5. The maximum absolute atomic E-state index is 12.9. The van der Waals surface area contributed by atoms with Gasteiger partial charge in [-0.2, -0.15) is 26.3 Å².